The smallest absolute Gasteiger partial charge is 0.265 e. The molecule has 2 aromatic heterocycles. The Hall–Kier alpha value is -3.49. The first-order valence-electron chi connectivity index (χ1n) is 10.3. The molecule has 3 atom stereocenters. The van der Waals surface area contributed by atoms with Gasteiger partial charge in [0.25, 0.3) is 12.3 Å². The van der Waals surface area contributed by atoms with Gasteiger partial charge in [0.2, 0.25) is 5.88 Å². The Morgan fingerprint density at radius 1 is 1.06 bits per heavy atom. The van der Waals surface area contributed by atoms with E-state index < -0.39 is 12.2 Å². The molecule has 1 aromatic carbocycles. The average Bonchev–Trinajstić information content (AvgIpc) is 3.40. The highest BCUT2D eigenvalue weighted by Crippen LogP contribution is 2.41. The summed E-state index contributed by atoms with van der Waals surface area (Å²) >= 11 is 0. The standard InChI is InChI=1S/C23H19F3N4O2/c24-16-4-1-3-15(20(16)22-27-7-2-8-28-22)23(31)30-12-13-9-17(30)18(10-13)32-19-6-5-14(11-29-19)21(25)26/h1-8,11,13,17-18,21H,9-10,12H2/t13-,17+,18-/m1/s1. The van der Waals surface area contributed by atoms with Crippen LogP contribution in [-0.4, -0.2) is 44.4 Å². The molecule has 2 bridgehead atoms. The first kappa shape index (κ1) is 20.4. The zero-order chi connectivity index (χ0) is 22.2. The first-order chi connectivity index (χ1) is 15.5. The summed E-state index contributed by atoms with van der Waals surface area (Å²) in [5, 5.41) is 0. The van der Waals surface area contributed by atoms with Crippen molar-refractivity contribution < 1.29 is 22.7 Å². The lowest BCUT2D eigenvalue weighted by Crippen LogP contribution is -2.47. The van der Waals surface area contributed by atoms with Gasteiger partial charge in [0.1, 0.15) is 11.9 Å². The third-order valence-corrected chi connectivity index (χ3v) is 6.00. The molecule has 6 nitrogen and oxygen atoms in total. The second-order valence-electron chi connectivity index (χ2n) is 7.98. The third kappa shape index (κ3) is 3.68. The number of carbonyl (C=O) groups excluding carboxylic acids is 1. The van der Waals surface area contributed by atoms with Crippen LogP contribution in [0.1, 0.15) is 35.2 Å². The van der Waals surface area contributed by atoms with E-state index in [1.165, 1.54) is 36.7 Å². The molecule has 1 saturated heterocycles. The van der Waals surface area contributed by atoms with Crippen LogP contribution in [0.25, 0.3) is 11.4 Å². The summed E-state index contributed by atoms with van der Waals surface area (Å²) in [5.41, 5.74) is 0.0911. The van der Waals surface area contributed by atoms with Gasteiger partial charge in [0, 0.05) is 36.8 Å². The van der Waals surface area contributed by atoms with E-state index >= 15 is 0 Å². The van der Waals surface area contributed by atoms with Crippen LogP contribution in [0, 0.1) is 11.7 Å². The number of hydrogen-bond donors (Lipinski definition) is 0. The summed E-state index contributed by atoms with van der Waals surface area (Å²) in [5.74, 6) is -0.242. The van der Waals surface area contributed by atoms with Crippen LogP contribution in [-0.2, 0) is 0 Å². The van der Waals surface area contributed by atoms with Gasteiger partial charge in [-0.05, 0) is 43.0 Å². The van der Waals surface area contributed by atoms with Crippen molar-refractivity contribution in [2.24, 2.45) is 5.92 Å². The largest absolute Gasteiger partial charge is 0.472 e. The fourth-order valence-electron chi connectivity index (χ4n) is 4.58. The van der Waals surface area contributed by atoms with Gasteiger partial charge >= 0.3 is 0 Å². The number of piperidine rings is 1. The van der Waals surface area contributed by atoms with Crippen molar-refractivity contribution in [3.63, 3.8) is 0 Å². The van der Waals surface area contributed by atoms with Gasteiger partial charge in [-0.25, -0.2) is 28.1 Å². The first-order valence-corrected chi connectivity index (χ1v) is 10.3. The fourth-order valence-corrected chi connectivity index (χ4v) is 4.58. The summed E-state index contributed by atoms with van der Waals surface area (Å²) in [6.07, 6.45) is 2.68. The minimum Gasteiger partial charge on any atom is -0.472 e. The summed E-state index contributed by atoms with van der Waals surface area (Å²) in [7, 11) is 0. The molecule has 5 rings (SSSR count). The maximum absolute atomic E-state index is 14.7. The summed E-state index contributed by atoms with van der Waals surface area (Å²) in [6, 6.07) is 8.44. The van der Waals surface area contributed by atoms with Crippen molar-refractivity contribution in [2.45, 2.75) is 31.4 Å². The number of rotatable bonds is 5. The molecule has 1 amide bonds. The molecule has 9 heteroatoms. The number of hydrogen-bond acceptors (Lipinski definition) is 5. The fraction of sp³-hybridized carbons (Fsp3) is 0.304. The molecule has 3 aromatic rings. The lowest BCUT2D eigenvalue weighted by Gasteiger charge is -2.33. The maximum atomic E-state index is 14.7. The highest BCUT2D eigenvalue weighted by molar-refractivity contribution is 6.00. The predicted molar refractivity (Wildman–Crippen MR) is 109 cm³/mol. The molecule has 1 saturated carbocycles. The summed E-state index contributed by atoms with van der Waals surface area (Å²) in [4.78, 5) is 27.3. The molecule has 1 aliphatic heterocycles. The Morgan fingerprint density at radius 2 is 1.88 bits per heavy atom. The van der Waals surface area contributed by atoms with Gasteiger partial charge in [-0.15, -0.1) is 0 Å². The molecule has 0 radical (unpaired) electrons. The number of ether oxygens (including phenoxy) is 1. The number of benzene rings is 1. The highest BCUT2D eigenvalue weighted by Gasteiger charge is 2.48. The van der Waals surface area contributed by atoms with Gasteiger partial charge in [0.05, 0.1) is 17.2 Å². The Kier molecular flexibility index (Phi) is 5.24. The van der Waals surface area contributed by atoms with Crippen LogP contribution in [0.15, 0.2) is 55.0 Å². The van der Waals surface area contributed by atoms with Gasteiger partial charge in [-0.1, -0.05) is 6.07 Å². The zero-order valence-electron chi connectivity index (χ0n) is 16.9. The van der Waals surface area contributed by atoms with Crippen molar-refractivity contribution in [1.82, 2.24) is 19.9 Å². The summed E-state index contributed by atoms with van der Waals surface area (Å²) < 4.78 is 46.1. The third-order valence-electron chi connectivity index (χ3n) is 6.00. The van der Waals surface area contributed by atoms with E-state index in [1.807, 2.05) is 0 Å². The second-order valence-corrected chi connectivity index (χ2v) is 7.98. The molecule has 0 unspecified atom stereocenters. The molecule has 32 heavy (non-hydrogen) atoms. The van der Waals surface area contributed by atoms with Crippen molar-refractivity contribution in [3.05, 3.63) is 71.9 Å². The number of alkyl halides is 2. The highest BCUT2D eigenvalue weighted by atomic mass is 19.3. The van der Waals surface area contributed by atoms with Crippen molar-refractivity contribution in [3.8, 4) is 17.3 Å². The number of fused-ring (bicyclic) bond motifs is 2. The lowest BCUT2D eigenvalue weighted by atomic mass is 10.0. The van der Waals surface area contributed by atoms with Gasteiger partial charge in [-0.2, -0.15) is 0 Å². The van der Waals surface area contributed by atoms with Crippen LogP contribution in [0.2, 0.25) is 0 Å². The monoisotopic (exact) mass is 440 g/mol. The quantitative estimate of drug-likeness (QED) is 0.592. The van der Waals surface area contributed by atoms with E-state index in [-0.39, 0.29) is 52.4 Å². The van der Waals surface area contributed by atoms with Crippen molar-refractivity contribution in [1.29, 1.82) is 0 Å². The van der Waals surface area contributed by atoms with Crippen molar-refractivity contribution in [2.75, 3.05) is 6.54 Å². The minimum absolute atomic E-state index is 0.0718. The van der Waals surface area contributed by atoms with Crippen molar-refractivity contribution >= 4 is 5.91 Å². The molecule has 0 N–H and O–H groups in total. The lowest BCUT2D eigenvalue weighted by molar-refractivity contribution is 0.0466. The number of pyridine rings is 1. The normalized spacial score (nSPS) is 21.9. The van der Waals surface area contributed by atoms with Gasteiger partial charge < -0.3 is 9.64 Å². The van der Waals surface area contributed by atoms with E-state index in [0.717, 1.165) is 19.0 Å². The molecule has 1 aliphatic carbocycles. The number of carbonyl (C=O) groups is 1. The topological polar surface area (TPSA) is 68.2 Å². The number of nitrogens with zero attached hydrogens (tertiary/aromatic N) is 4. The SMILES string of the molecule is O=C(c1cccc(F)c1-c1ncccn1)N1C[C@H]2C[C@@H](Oc3ccc(C(F)F)cn3)[C@@H]1C2. The predicted octanol–water partition coefficient (Wildman–Crippen LogP) is 4.30. The number of likely N-dealkylation sites (tertiary alicyclic amines) is 1. The van der Waals surface area contributed by atoms with E-state index in [2.05, 4.69) is 15.0 Å². The number of halogens is 3. The van der Waals surface area contributed by atoms with Crippen LogP contribution in [0.5, 0.6) is 5.88 Å². The zero-order valence-corrected chi connectivity index (χ0v) is 16.9. The Bertz CT molecular complexity index is 1130. The molecular formula is C23H19F3N4O2. The molecule has 3 heterocycles. The maximum Gasteiger partial charge on any atom is 0.265 e. The average molecular weight is 440 g/mol. The molecule has 164 valence electrons. The van der Waals surface area contributed by atoms with Gasteiger partial charge in [-0.3, -0.25) is 4.79 Å². The minimum atomic E-state index is -2.60. The van der Waals surface area contributed by atoms with E-state index in [9.17, 15) is 18.0 Å². The molecule has 2 aliphatic rings. The van der Waals surface area contributed by atoms with Crippen LogP contribution < -0.4 is 4.74 Å². The molecular weight excluding hydrogens is 421 g/mol. The Labute approximate surface area is 182 Å². The van der Waals surface area contributed by atoms with Crippen LogP contribution in [0.3, 0.4) is 0 Å². The molecule has 2 fully saturated rings. The number of amides is 1. The van der Waals surface area contributed by atoms with E-state index in [0.29, 0.717) is 6.54 Å². The van der Waals surface area contributed by atoms with Crippen LogP contribution >= 0.6 is 0 Å². The van der Waals surface area contributed by atoms with Crippen LogP contribution in [0.4, 0.5) is 13.2 Å². The van der Waals surface area contributed by atoms with Gasteiger partial charge in [0.15, 0.2) is 5.82 Å². The van der Waals surface area contributed by atoms with E-state index in [1.54, 1.807) is 17.0 Å². The number of aromatic nitrogens is 3. The van der Waals surface area contributed by atoms with E-state index in [4.69, 9.17) is 4.74 Å². The summed E-state index contributed by atoms with van der Waals surface area (Å²) in [6.45, 7) is 0.548. The Morgan fingerprint density at radius 3 is 2.56 bits per heavy atom. The second kappa shape index (κ2) is 8.22. The Balaban J connectivity index is 1.39. The molecule has 0 spiro atoms.